The summed E-state index contributed by atoms with van der Waals surface area (Å²) in [6.07, 6.45) is 2.00. The number of hydrogen-bond donors (Lipinski definition) is 1. The maximum atomic E-state index is 12.3. The normalized spacial score (nSPS) is 11.7. The van der Waals surface area contributed by atoms with Gasteiger partial charge in [0.1, 0.15) is 18.1 Å². The molecule has 8 heteroatoms. The minimum absolute atomic E-state index is 0.00963. The lowest BCUT2D eigenvalue weighted by Crippen LogP contribution is -2.33. The minimum Gasteiger partial charge on any atom is -0.497 e. The molecule has 31 heavy (non-hydrogen) atoms. The lowest BCUT2D eigenvalue weighted by molar-refractivity contribution is -0.119. The number of benzene rings is 2. The molecule has 0 aliphatic carbocycles. The van der Waals surface area contributed by atoms with Crippen LogP contribution in [0.25, 0.3) is 5.69 Å². The molecule has 0 radical (unpaired) electrons. The zero-order valence-corrected chi connectivity index (χ0v) is 18.9. The largest absolute Gasteiger partial charge is 0.497 e. The second kappa shape index (κ2) is 11.4. The van der Waals surface area contributed by atoms with Crippen molar-refractivity contribution in [3.63, 3.8) is 0 Å². The number of hydrogen-bond acceptors (Lipinski definition) is 6. The van der Waals surface area contributed by atoms with Crippen molar-refractivity contribution in [1.82, 2.24) is 20.1 Å². The Morgan fingerprint density at radius 2 is 1.81 bits per heavy atom. The molecule has 0 aliphatic rings. The Kier molecular flexibility index (Phi) is 8.35. The van der Waals surface area contributed by atoms with Crippen molar-refractivity contribution in [3.05, 3.63) is 60.4 Å². The fraction of sp³-hybridized carbons (Fsp3) is 0.348. The Hall–Kier alpha value is -3.00. The highest BCUT2D eigenvalue weighted by Crippen LogP contribution is 2.24. The summed E-state index contributed by atoms with van der Waals surface area (Å²) in [5.41, 5.74) is 0.920. The van der Waals surface area contributed by atoms with Crippen LogP contribution in [0.2, 0.25) is 0 Å². The van der Waals surface area contributed by atoms with Gasteiger partial charge < -0.3 is 14.8 Å². The first-order valence-electron chi connectivity index (χ1n) is 10.3. The number of carbonyl (C=O) groups is 1. The number of carbonyl (C=O) groups excluding carboxylic acids is 1. The van der Waals surface area contributed by atoms with Crippen LogP contribution in [0.4, 0.5) is 0 Å². The Morgan fingerprint density at radius 3 is 2.48 bits per heavy atom. The first kappa shape index (κ1) is 22.7. The Balaban J connectivity index is 1.72. The van der Waals surface area contributed by atoms with Crippen molar-refractivity contribution in [1.29, 1.82) is 0 Å². The van der Waals surface area contributed by atoms with Crippen LogP contribution in [0.5, 0.6) is 11.5 Å². The van der Waals surface area contributed by atoms with Gasteiger partial charge in [-0.15, -0.1) is 10.2 Å². The molecule has 0 aliphatic heterocycles. The average Bonchev–Trinajstić information content (AvgIpc) is 3.20. The van der Waals surface area contributed by atoms with Crippen LogP contribution in [0.3, 0.4) is 0 Å². The number of nitrogens with zero attached hydrogens (tertiary/aromatic N) is 3. The van der Waals surface area contributed by atoms with E-state index in [-0.39, 0.29) is 24.3 Å². The highest BCUT2D eigenvalue weighted by Gasteiger charge is 2.17. The van der Waals surface area contributed by atoms with E-state index in [1.54, 1.807) is 7.11 Å². The zero-order chi connectivity index (χ0) is 22.1. The molecule has 1 unspecified atom stereocenters. The van der Waals surface area contributed by atoms with Gasteiger partial charge in [0, 0.05) is 11.7 Å². The third kappa shape index (κ3) is 6.49. The number of methoxy groups -OCH3 is 1. The highest BCUT2D eigenvalue weighted by atomic mass is 32.2. The highest BCUT2D eigenvalue weighted by molar-refractivity contribution is 7.99. The monoisotopic (exact) mass is 440 g/mol. The van der Waals surface area contributed by atoms with E-state index in [1.165, 1.54) is 11.8 Å². The Bertz CT molecular complexity index is 961. The summed E-state index contributed by atoms with van der Waals surface area (Å²) in [5, 5.41) is 12.3. The average molecular weight is 441 g/mol. The van der Waals surface area contributed by atoms with E-state index in [1.807, 2.05) is 66.1 Å². The van der Waals surface area contributed by atoms with Gasteiger partial charge >= 0.3 is 0 Å². The first-order chi connectivity index (χ1) is 15.1. The molecule has 0 spiro atoms. The molecule has 164 valence electrons. The Labute approximate surface area is 187 Å². The summed E-state index contributed by atoms with van der Waals surface area (Å²) in [6.45, 7) is 4.37. The lowest BCUT2D eigenvalue weighted by Gasteiger charge is -2.13. The van der Waals surface area contributed by atoms with Gasteiger partial charge in [0.25, 0.3) is 0 Å². The predicted molar refractivity (Wildman–Crippen MR) is 122 cm³/mol. The van der Waals surface area contributed by atoms with E-state index >= 15 is 0 Å². The molecule has 1 heterocycles. The van der Waals surface area contributed by atoms with Gasteiger partial charge in [-0.05, 0) is 49.7 Å². The summed E-state index contributed by atoms with van der Waals surface area (Å²) < 4.78 is 13.0. The molecule has 1 N–H and O–H groups in total. The fourth-order valence-electron chi connectivity index (χ4n) is 3.10. The summed E-state index contributed by atoms with van der Waals surface area (Å²) >= 11 is 1.36. The minimum atomic E-state index is -0.00963. The van der Waals surface area contributed by atoms with Crippen LogP contribution >= 0.6 is 11.8 Å². The van der Waals surface area contributed by atoms with E-state index in [2.05, 4.69) is 22.4 Å². The summed E-state index contributed by atoms with van der Waals surface area (Å²) in [6, 6.07) is 17.4. The molecule has 0 saturated heterocycles. The van der Waals surface area contributed by atoms with Crippen molar-refractivity contribution >= 4 is 17.7 Å². The quantitative estimate of drug-likeness (QED) is 0.449. The maximum absolute atomic E-state index is 12.3. The van der Waals surface area contributed by atoms with Gasteiger partial charge in [-0.1, -0.05) is 43.3 Å². The van der Waals surface area contributed by atoms with Gasteiger partial charge in [-0.2, -0.15) is 0 Å². The van der Waals surface area contributed by atoms with Crippen molar-refractivity contribution in [2.75, 3.05) is 12.9 Å². The van der Waals surface area contributed by atoms with E-state index in [4.69, 9.17) is 9.47 Å². The van der Waals surface area contributed by atoms with E-state index in [9.17, 15) is 4.79 Å². The molecule has 3 aromatic rings. The molecule has 0 fully saturated rings. The number of nitrogens with one attached hydrogen (secondary N) is 1. The molecule has 1 amide bonds. The number of amides is 1. The molecule has 1 aromatic heterocycles. The number of thioether (sulfide) groups is 1. The number of ether oxygens (including phenoxy) is 2. The molecule has 2 aromatic carbocycles. The van der Waals surface area contributed by atoms with Gasteiger partial charge in [-0.25, -0.2) is 0 Å². The summed E-state index contributed by atoms with van der Waals surface area (Å²) in [4.78, 5) is 12.3. The summed E-state index contributed by atoms with van der Waals surface area (Å²) in [7, 11) is 1.63. The van der Waals surface area contributed by atoms with E-state index in [0.29, 0.717) is 16.7 Å². The number of para-hydroxylation sites is 1. The predicted octanol–water partition coefficient (Wildman–Crippen LogP) is 4.25. The van der Waals surface area contributed by atoms with Gasteiger partial charge in [0.15, 0.2) is 11.0 Å². The topological polar surface area (TPSA) is 78.3 Å². The number of aromatic nitrogens is 3. The van der Waals surface area contributed by atoms with Crippen molar-refractivity contribution in [2.45, 2.75) is 44.5 Å². The van der Waals surface area contributed by atoms with Crippen molar-refractivity contribution in [3.8, 4) is 17.2 Å². The second-order valence-corrected chi connectivity index (χ2v) is 8.02. The third-order valence-electron chi connectivity index (χ3n) is 4.60. The van der Waals surface area contributed by atoms with Crippen LogP contribution in [-0.4, -0.2) is 39.6 Å². The van der Waals surface area contributed by atoms with E-state index in [0.717, 1.165) is 24.3 Å². The maximum Gasteiger partial charge on any atom is 0.230 e. The van der Waals surface area contributed by atoms with Crippen LogP contribution in [0, 0.1) is 0 Å². The lowest BCUT2D eigenvalue weighted by atomic mass is 10.2. The smallest absolute Gasteiger partial charge is 0.230 e. The van der Waals surface area contributed by atoms with Gasteiger partial charge in [0.05, 0.1) is 12.9 Å². The van der Waals surface area contributed by atoms with Gasteiger partial charge in [-0.3, -0.25) is 9.36 Å². The van der Waals surface area contributed by atoms with Crippen LogP contribution in [-0.2, 0) is 11.4 Å². The van der Waals surface area contributed by atoms with Crippen molar-refractivity contribution < 1.29 is 14.3 Å². The van der Waals surface area contributed by atoms with Crippen molar-refractivity contribution in [2.24, 2.45) is 0 Å². The Morgan fingerprint density at radius 1 is 1.10 bits per heavy atom. The fourth-order valence-corrected chi connectivity index (χ4v) is 3.88. The standard InChI is InChI=1S/C23H28N4O3S/c1-4-8-17(2)24-22(28)16-31-23-26-25-21(27(23)18-9-6-5-7-10-18)15-30-20-13-11-19(29-3)12-14-20/h5-7,9-14,17H,4,8,15-16H2,1-3H3,(H,24,28). The molecular weight excluding hydrogens is 412 g/mol. The van der Waals surface area contributed by atoms with Crippen LogP contribution < -0.4 is 14.8 Å². The SMILES string of the molecule is CCCC(C)NC(=O)CSc1nnc(COc2ccc(OC)cc2)n1-c1ccccc1. The van der Waals surface area contributed by atoms with Crippen LogP contribution in [0.15, 0.2) is 59.8 Å². The molecule has 7 nitrogen and oxygen atoms in total. The third-order valence-corrected chi connectivity index (χ3v) is 5.53. The molecule has 0 bridgehead atoms. The zero-order valence-electron chi connectivity index (χ0n) is 18.1. The molecule has 1 atom stereocenters. The summed E-state index contributed by atoms with van der Waals surface area (Å²) in [5.74, 6) is 2.40. The molecular formula is C23H28N4O3S. The second-order valence-electron chi connectivity index (χ2n) is 7.08. The molecule has 3 rings (SSSR count). The van der Waals surface area contributed by atoms with E-state index < -0.39 is 0 Å². The first-order valence-corrected chi connectivity index (χ1v) is 11.3. The van der Waals surface area contributed by atoms with Gasteiger partial charge in [0.2, 0.25) is 5.91 Å². The van der Waals surface area contributed by atoms with Crippen LogP contribution in [0.1, 0.15) is 32.5 Å². The molecule has 0 saturated carbocycles. The number of rotatable bonds is 11.